The van der Waals surface area contributed by atoms with Crippen LogP contribution in [0.25, 0.3) is 0 Å². The summed E-state index contributed by atoms with van der Waals surface area (Å²) >= 11 is 1.99. The molecule has 0 aliphatic carbocycles. The molecule has 0 atom stereocenters. The number of amides is 1. The largest absolute Gasteiger partial charge is 0.493 e. The minimum Gasteiger partial charge on any atom is -0.493 e. The van der Waals surface area contributed by atoms with Gasteiger partial charge >= 0.3 is 0 Å². The molecule has 0 unspecified atom stereocenters. The second-order valence-corrected chi connectivity index (χ2v) is 7.29. The number of ether oxygens (including phenoxy) is 2. The number of halogens is 3. The van der Waals surface area contributed by atoms with Crippen molar-refractivity contribution in [2.24, 2.45) is 0 Å². The summed E-state index contributed by atoms with van der Waals surface area (Å²) in [5.41, 5.74) is 0.340. The molecule has 0 aromatic heterocycles. The maximum atomic E-state index is 14.4. The summed E-state index contributed by atoms with van der Waals surface area (Å²) in [6, 6.07) is 5.47. The molecule has 0 spiro atoms. The van der Waals surface area contributed by atoms with Crippen LogP contribution in [0.1, 0.15) is 23.2 Å². The van der Waals surface area contributed by atoms with Gasteiger partial charge in [-0.25, -0.2) is 8.78 Å². The number of nitrogens with zero attached hydrogens (tertiary/aromatic N) is 1. The molecule has 1 aliphatic rings. The molecule has 1 heterocycles. The molecule has 0 radical (unpaired) electrons. The zero-order valence-electron chi connectivity index (χ0n) is 14.9. The Morgan fingerprint density at radius 2 is 1.59 bits per heavy atom. The number of nitrogens with one attached hydrogen (secondary N) is 1. The highest BCUT2D eigenvalue weighted by molar-refractivity contribution is 14.1. The van der Waals surface area contributed by atoms with Crippen molar-refractivity contribution in [3.8, 4) is 11.5 Å². The summed E-state index contributed by atoms with van der Waals surface area (Å²) in [6.07, 6.45) is 1.82. The topological polar surface area (TPSA) is 50.8 Å². The van der Waals surface area contributed by atoms with E-state index in [1.807, 2.05) is 22.6 Å². The summed E-state index contributed by atoms with van der Waals surface area (Å²) in [4.78, 5) is 14.3. The van der Waals surface area contributed by atoms with Crippen molar-refractivity contribution >= 4 is 39.9 Å². The lowest BCUT2D eigenvalue weighted by Crippen LogP contribution is -2.21. The number of carbonyl (C=O) groups is 1. The van der Waals surface area contributed by atoms with E-state index < -0.39 is 17.5 Å². The molecule has 1 N–H and O–H groups in total. The van der Waals surface area contributed by atoms with Crippen molar-refractivity contribution in [3.05, 3.63) is 45.0 Å². The zero-order chi connectivity index (χ0) is 19.6. The molecule has 1 aliphatic heterocycles. The van der Waals surface area contributed by atoms with Crippen molar-refractivity contribution in [1.29, 1.82) is 0 Å². The number of rotatable bonds is 5. The number of benzene rings is 2. The predicted octanol–water partition coefficient (Wildman–Crippen LogP) is 4.44. The average molecular weight is 488 g/mol. The SMILES string of the molecule is COc1cc(I)c(C(=O)Nc2cc(F)c(N3CCCC3)c(F)c2)cc1OC. The summed E-state index contributed by atoms with van der Waals surface area (Å²) in [5, 5.41) is 2.55. The first kappa shape index (κ1) is 19.7. The molecular formula is C19H19F2IN2O3. The van der Waals surface area contributed by atoms with Gasteiger partial charge in [0.25, 0.3) is 5.91 Å². The lowest BCUT2D eigenvalue weighted by Gasteiger charge is -2.20. The Morgan fingerprint density at radius 1 is 1.04 bits per heavy atom. The van der Waals surface area contributed by atoms with Crippen molar-refractivity contribution < 1.29 is 23.0 Å². The van der Waals surface area contributed by atoms with Crippen LogP contribution in [0.4, 0.5) is 20.2 Å². The Labute approximate surface area is 169 Å². The lowest BCUT2D eigenvalue weighted by atomic mass is 10.1. The molecule has 0 bridgehead atoms. The maximum Gasteiger partial charge on any atom is 0.256 e. The summed E-state index contributed by atoms with van der Waals surface area (Å²) in [6.45, 7) is 1.26. The fourth-order valence-electron chi connectivity index (χ4n) is 3.11. The van der Waals surface area contributed by atoms with Crippen LogP contribution in [0.3, 0.4) is 0 Å². The summed E-state index contributed by atoms with van der Waals surface area (Å²) in [7, 11) is 2.97. The monoisotopic (exact) mass is 488 g/mol. The third-order valence-electron chi connectivity index (χ3n) is 4.41. The fraction of sp³-hybridized carbons (Fsp3) is 0.316. The van der Waals surface area contributed by atoms with Crippen LogP contribution < -0.4 is 19.7 Å². The van der Waals surface area contributed by atoms with Gasteiger partial charge in [0.1, 0.15) is 5.69 Å². The van der Waals surface area contributed by atoms with E-state index in [4.69, 9.17) is 9.47 Å². The highest BCUT2D eigenvalue weighted by atomic mass is 127. The van der Waals surface area contributed by atoms with Crippen LogP contribution in [0.2, 0.25) is 0 Å². The van der Waals surface area contributed by atoms with Crippen LogP contribution in [0.15, 0.2) is 24.3 Å². The molecule has 8 heteroatoms. The van der Waals surface area contributed by atoms with Gasteiger partial charge in [-0.3, -0.25) is 4.79 Å². The second-order valence-electron chi connectivity index (χ2n) is 6.12. The second kappa shape index (κ2) is 8.28. The van der Waals surface area contributed by atoms with Crippen LogP contribution in [0, 0.1) is 15.2 Å². The van der Waals surface area contributed by atoms with Gasteiger partial charge in [0.15, 0.2) is 23.1 Å². The molecule has 1 fully saturated rings. The van der Waals surface area contributed by atoms with Gasteiger partial charge in [0.2, 0.25) is 0 Å². The van der Waals surface area contributed by atoms with Crippen LogP contribution in [-0.4, -0.2) is 33.2 Å². The summed E-state index contributed by atoms with van der Waals surface area (Å²) in [5.74, 6) is -0.980. The van der Waals surface area contributed by atoms with Gasteiger partial charge in [0, 0.05) is 22.3 Å². The number of carbonyl (C=O) groups excluding carboxylic acids is 1. The highest BCUT2D eigenvalue weighted by Gasteiger charge is 2.22. The van der Waals surface area contributed by atoms with Crippen molar-refractivity contribution in [1.82, 2.24) is 0 Å². The lowest BCUT2D eigenvalue weighted by molar-refractivity contribution is 0.102. The first-order valence-electron chi connectivity index (χ1n) is 8.41. The normalized spacial score (nSPS) is 13.6. The number of anilines is 2. The van der Waals surface area contributed by atoms with Crippen molar-refractivity contribution in [3.63, 3.8) is 0 Å². The molecular weight excluding hydrogens is 469 g/mol. The van der Waals surface area contributed by atoms with Crippen LogP contribution in [-0.2, 0) is 0 Å². The van der Waals surface area contributed by atoms with Gasteiger partial charge in [-0.15, -0.1) is 0 Å². The van der Waals surface area contributed by atoms with E-state index in [2.05, 4.69) is 5.32 Å². The van der Waals surface area contributed by atoms with Gasteiger partial charge in [-0.2, -0.15) is 0 Å². The number of methoxy groups -OCH3 is 2. The van der Waals surface area contributed by atoms with E-state index in [1.54, 1.807) is 11.0 Å². The van der Waals surface area contributed by atoms with Gasteiger partial charge in [0.05, 0.1) is 19.8 Å². The van der Waals surface area contributed by atoms with Crippen LogP contribution >= 0.6 is 22.6 Å². The molecule has 3 rings (SSSR count). The number of hydrogen-bond acceptors (Lipinski definition) is 4. The van der Waals surface area contributed by atoms with Crippen molar-refractivity contribution in [2.45, 2.75) is 12.8 Å². The van der Waals surface area contributed by atoms with Gasteiger partial charge in [-0.05, 0) is 59.7 Å². The Morgan fingerprint density at radius 3 is 2.15 bits per heavy atom. The Balaban J connectivity index is 1.86. The first-order valence-corrected chi connectivity index (χ1v) is 9.49. The molecule has 5 nitrogen and oxygen atoms in total. The highest BCUT2D eigenvalue weighted by Crippen LogP contribution is 2.33. The minimum atomic E-state index is -0.686. The zero-order valence-corrected chi connectivity index (χ0v) is 17.1. The quantitative estimate of drug-likeness (QED) is 0.633. The fourth-order valence-corrected chi connectivity index (χ4v) is 3.79. The average Bonchev–Trinajstić information content (AvgIpc) is 3.14. The molecule has 1 amide bonds. The van der Waals surface area contributed by atoms with E-state index in [9.17, 15) is 13.6 Å². The smallest absolute Gasteiger partial charge is 0.256 e. The molecule has 27 heavy (non-hydrogen) atoms. The van der Waals surface area contributed by atoms with Crippen LogP contribution in [0.5, 0.6) is 11.5 Å². The predicted molar refractivity (Wildman–Crippen MR) is 108 cm³/mol. The Bertz CT molecular complexity index is 847. The third kappa shape index (κ3) is 4.10. The third-order valence-corrected chi connectivity index (χ3v) is 5.31. The Hall–Kier alpha value is -2.10. The van der Waals surface area contributed by atoms with Crippen molar-refractivity contribution in [2.75, 3.05) is 37.5 Å². The van der Waals surface area contributed by atoms with E-state index in [-0.39, 0.29) is 11.4 Å². The summed E-state index contributed by atoms with van der Waals surface area (Å²) < 4.78 is 39.9. The maximum absolute atomic E-state index is 14.4. The van der Waals surface area contributed by atoms with Gasteiger partial charge in [-0.1, -0.05) is 0 Å². The molecule has 1 saturated heterocycles. The standard InChI is InChI=1S/C19H19F2IN2O3/c1-26-16-9-12(15(22)10-17(16)27-2)19(25)23-11-7-13(20)18(14(21)8-11)24-5-3-4-6-24/h7-10H,3-6H2,1-2H3,(H,23,25). The van der Waals surface area contributed by atoms with E-state index in [0.717, 1.165) is 25.0 Å². The van der Waals surface area contributed by atoms with E-state index in [1.165, 1.54) is 20.3 Å². The van der Waals surface area contributed by atoms with Gasteiger partial charge < -0.3 is 19.7 Å². The Kier molecular flexibility index (Phi) is 6.03. The first-order chi connectivity index (χ1) is 12.9. The molecule has 0 saturated carbocycles. The molecule has 2 aromatic rings. The molecule has 2 aromatic carbocycles. The molecule has 144 valence electrons. The number of hydrogen-bond donors (Lipinski definition) is 1. The minimum absolute atomic E-state index is 0.0359. The van der Waals surface area contributed by atoms with E-state index in [0.29, 0.717) is 33.7 Å². The van der Waals surface area contributed by atoms with E-state index >= 15 is 0 Å².